The first-order valence-corrected chi connectivity index (χ1v) is 12.6. The van der Waals surface area contributed by atoms with Crippen molar-refractivity contribution in [2.75, 3.05) is 18.5 Å². The molecular formula is C27H27N3O5S. The largest absolute Gasteiger partial charge is 0.494 e. The van der Waals surface area contributed by atoms with Crippen molar-refractivity contribution < 1.29 is 19.1 Å². The summed E-state index contributed by atoms with van der Waals surface area (Å²) in [5.41, 5.74) is 2.13. The van der Waals surface area contributed by atoms with Gasteiger partial charge in [0.2, 0.25) is 5.91 Å². The molecule has 8 nitrogen and oxygen atoms in total. The highest BCUT2D eigenvalue weighted by Gasteiger charge is 2.15. The first kappa shape index (κ1) is 25.1. The van der Waals surface area contributed by atoms with Crippen LogP contribution in [0.5, 0.6) is 5.75 Å². The molecule has 0 saturated heterocycles. The Morgan fingerprint density at radius 1 is 1.11 bits per heavy atom. The van der Waals surface area contributed by atoms with Gasteiger partial charge in [-0.3, -0.25) is 14.2 Å². The van der Waals surface area contributed by atoms with Gasteiger partial charge in [-0.2, -0.15) is 0 Å². The fourth-order valence-corrected chi connectivity index (χ4v) is 4.57. The molecular weight excluding hydrogens is 478 g/mol. The Morgan fingerprint density at radius 2 is 1.92 bits per heavy atom. The molecule has 0 spiro atoms. The van der Waals surface area contributed by atoms with Crippen LogP contribution in [-0.4, -0.2) is 34.6 Å². The number of ether oxygens (including phenoxy) is 2. The van der Waals surface area contributed by atoms with Crippen molar-refractivity contribution in [3.05, 3.63) is 76.2 Å². The topological polar surface area (TPSA) is 99.5 Å². The number of amides is 1. The molecule has 0 aliphatic carbocycles. The number of nitrogens with zero attached hydrogens (tertiary/aromatic N) is 2. The number of aromatic nitrogens is 2. The molecule has 0 saturated carbocycles. The first-order chi connectivity index (χ1) is 17.5. The maximum absolute atomic E-state index is 13.3. The van der Waals surface area contributed by atoms with Gasteiger partial charge in [0.15, 0.2) is 0 Å². The van der Waals surface area contributed by atoms with E-state index in [-0.39, 0.29) is 12.1 Å². The third kappa shape index (κ3) is 5.80. The van der Waals surface area contributed by atoms with E-state index >= 15 is 0 Å². The predicted molar refractivity (Wildman–Crippen MR) is 141 cm³/mol. The monoisotopic (exact) mass is 505 g/mol. The number of benzene rings is 2. The van der Waals surface area contributed by atoms with Crippen LogP contribution in [0.1, 0.15) is 37.0 Å². The Labute approximate surface area is 212 Å². The van der Waals surface area contributed by atoms with Crippen LogP contribution in [0, 0.1) is 0 Å². The van der Waals surface area contributed by atoms with Gasteiger partial charge in [-0.25, -0.2) is 9.78 Å². The molecule has 9 heteroatoms. The van der Waals surface area contributed by atoms with Crippen LogP contribution in [0.15, 0.2) is 65.0 Å². The molecule has 1 N–H and O–H groups in total. The first-order valence-electron chi connectivity index (χ1n) is 11.8. The van der Waals surface area contributed by atoms with Gasteiger partial charge >= 0.3 is 5.97 Å². The molecule has 0 atom stereocenters. The number of rotatable bonds is 10. The highest BCUT2D eigenvalue weighted by Crippen LogP contribution is 2.31. The summed E-state index contributed by atoms with van der Waals surface area (Å²) >= 11 is 1.38. The van der Waals surface area contributed by atoms with Crippen molar-refractivity contribution >= 4 is 39.1 Å². The fraction of sp³-hybridized carbons (Fsp3) is 0.259. The Bertz CT molecular complexity index is 1430. The summed E-state index contributed by atoms with van der Waals surface area (Å²) in [5.74, 6) is -0.0939. The van der Waals surface area contributed by atoms with E-state index in [0.717, 1.165) is 29.7 Å². The summed E-state index contributed by atoms with van der Waals surface area (Å²) < 4.78 is 12.0. The summed E-state index contributed by atoms with van der Waals surface area (Å²) in [7, 11) is 0. The SMILES string of the molecule is CCCCOC(=O)c1cccc(NC(=O)Cn2cnc3scc(-c4ccc(OCC)cc4)c3c2=O)c1. The molecule has 0 fully saturated rings. The van der Waals surface area contributed by atoms with Gasteiger partial charge in [-0.1, -0.05) is 31.5 Å². The molecule has 0 radical (unpaired) electrons. The Hall–Kier alpha value is -3.98. The predicted octanol–water partition coefficient (Wildman–Crippen LogP) is 5.12. The molecule has 186 valence electrons. The second kappa shape index (κ2) is 11.6. The van der Waals surface area contributed by atoms with Crippen LogP contribution in [0.3, 0.4) is 0 Å². The van der Waals surface area contributed by atoms with E-state index in [0.29, 0.717) is 34.7 Å². The van der Waals surface area contributed by atoms with Gasteiger partial charge in [-0.15, -0.1) is 11.3 Å². The van der Waals surface area contributed by atoms with E-state index < -0.39 is 11.9 Å². The number of esters is 1. The lowest BCUT2D eigenvalue weighted by molar-refractivity contribution is -0.116. The summed E-state index contributed by atoms with van der Waals surface area (Å²) in [6, 6.07) is 14.0. The molecule has 0 aliphatic heterocycles. The van der Waals surface area contributed by atoms with Crippen molar-refractivity contribution in [2.24, 2.45) is 0 Å². The normalized spacial score (nSPS) is 10.8. The summed E-state index contributed by atoms with van der Waals surface area (Å²) in [5, 5.41) is 5.10. The molecule has 2 aromatic carbocycles. The number of carbonyl (C=O) groups excluding carboxylic acids is 2. The van der Waals surface area contributed by atoms with Crippen molar-refractivity contribution in [1.82, 2.24) is 9.55 Å². The minimum absolute atomic E-state index is 0.217. The zero-order valence-corrected chi connectivity index (χ0v) is 21.0. The minimum Gasteiger partial charge on any atom is -0.494 e. The highest BCUT2D eigenvalue weighted by atomic mass is 32.1. The lowest BCUT2D eigenvalue weighted by Crippen LogP contribution is -2.27. The fourth-order valence-electron chi connectivity index (χ4n) is 3.66. The number of hydrogen-bond acceptors (Lipinski definition) is 7. The summed E-state index contributed by atoms with van der Waals surface area (Å²) in [4.78, 5) is 43.2. The standard InChI is InChI=1S/C27H27N3O5S/c1-3-5-13-35-27(33)19-7-6-8-20(14-19)29-23(31)15-30-17-28-25-24(26(30)32)22(16-36-25)18-9-11-21(12-10-18)34-4-2/h6-12,14,16-17H,3-5,13,15H2,1-2H3,(H,29,31). The number of hydrogen-bond donors (Lipinski definition) is 1. The van der Waals surface area contributed by atoms with E-state index in [2.05, 4.69) is 10.3 Å². The second-order valence-electron chi connectivity index (χ2n) is 8.08. The Morgan fingerprint density at radius 3 is 2.67 bits per heavy atom. The minimum atomic E-state index is -0.440. The summed E-state index contributed by atoms with van der Waals surface area (Å²) in [6.45, 7) is 4.65. The Balaban J connectivity index is 1.51. The molecule has 4 rings (SSSR count). The van der Waals surface area contributed by atoms with E-state index in [1.807, 2.05) is 43.5 Å². The third-order valence-electron chi connectivity index (χ3n) is 5.46. The summed E-state index contributed by atoms with van der Waals surface area (Å²) in [6.07, 6.45) is 3.10. The van der Waals surface area contributed by atoms with Crippen LogP contribution < -0.4 is 15.6 Å². The molecule has 0 bridgehead atoms. The number of anilines is 1. The number of nitrogens with one attached hydrogen (secondary N) is 1. The van der Waals surface area contributed by atoms with E-state index in [4.69, 9.17) is 9.47 Å². The molecule has 36 heavy (non-hydrogen) atoms. The average molecular weight is 506 g/mol. The van der Waals surface area contributed by atoms with Gasteiger partial charge in [0.25, 0.3) is 5.56 Å². The number of carbonyl (C=O) groups is 2. The van der Waals surface area contributed by atoms with Crippen LogP contribution in [0.25, 0.3) is 21.3 Å². The lowest BCUT2D eigenvalue weighted by atomic mass is 10.1. The maximum Gasteiger partial charge on any atom is 0.338 e. The molecule has 0 unspecified atom stereocenters. The number of thiophene rings is 1. The van der Waals surface area contributed by atoms with Gasteiger partial charge in [0, 0.05) is 16.6 Å². The van der Waals surface area contributed by atoms with Crippen LogP contribution in [0.4, 0.5) is 5.69 Å². The van der Waals surface area contributed by atoms with Crippen molar-refractivity contribution in [1.29, 1.82) is 0 Å². The quantitative estimate of drug-likeness (QED) is 0.237. The molecule has 2 heterocycles. The zero-order valence-electron chi connectivity index (χ0n) is 20.2. The lowest BCUT2D eigenvalue weighted by Gasteiger charge is -2.09. The van der Waals surface area contributed by atoms with Crippen molar-refractivity contribution in [2.45, 2.75) is 33.2 Å². The van der Waals surface area contributed by atoms with Crippen LogP contribution >= 0.6 is 11.3 Å². The third-order valence-corrected chi connectivity index (χ3v) is 6.35. The zero-order chi connectivity index (χ0) is 25.5. The van der Waals surface area contributed by atoms with Crippen LogP contribution in [0.2, 0.25) is 0 Å². The molecule has 4 aromatic rings. The van der Waals surface area contributed by atoms with E-state index in [9.17, 15) is 14.4 Å². The van der Waals surface area contributed by atoms with E-state index in [1.54, 1.807) is 24.3 Å². The van der Waals surface area contributed by atoms with Gasteiger partial charge in [-0.05, 0) is 49.2 Å². The number of unbranched alkanes of at least 4 members (excludes halogenated alkanes) is 1. The smallest absolute Gasteiger partial charge is 0.338 e. The highest BCUT2D eigenvalue weighted by molar-refractivity contribution is 7.17. The maximum atomic E-state index is 13.3. The van der Waals surface area contributed by atoms with Crippen LogP contribution in [-0.2, 0) is 16.1 Å². The van der Waals surface area contributed by atoms with Crippen molar-refractivity contribution in [3.8, 4) is 16.9 Å². The average Bonchev–Trinajstić information content (AvgIpc) is 3.31. The van der Waals surface area contributed by atoms with Crippen molar-refractivity contribution in [3.63, 3.8) is 0 Å². The molecule has 1 amide bonds. The number of fused-ring (bicyclic) bond motifs is 1. The second-order valence-corrected chi connectivity index (χ2v) is 8.94. The van der Waals surface area contributed by atoms with Gasteiger partial charge in [0.1, 0.15) is 17.1 Å². The van der Waals surface area contributed by atoms with Gasteiger partial charge in [0.05, 0.1) is 30.5 Å². The molecule has 0 aliphatic rings. The van der Waals surface area contributed by atoms with Gasteiger partial charge < -0.3 is 14.8 Å². The Kier molecular flexibility index (Phi) is 8.12. The molecule has 2 aromatic heterocycles. The van der Waals surface area contributed by atoms with E-state index in [1.165, 1.54) is 22.2 Å².